The Bertz CT molecular complexity index is 983. The van der Waals surface area contributed by atoms with Crippen molar-refractivity contribution in [3.05, 3.63) is 79.3 Å². The van der Waals surface area contributed by atoms with E-state index in [9.17, 15) is 0 Å². The van der Waals surface area contributed by atoms with Crippen LogP contribution in [0.2, 0.25) is 0 Å². The van der Waals surface area contributed by atoms with Crippen LogP contribution in [0.15, 0.2) is 79.3 Å². The lowest BCUT2D eigenvalue weighted by molar-refractivity contribution is 1.17. The lowest BCUT2D eigenvalue weighted by atomic mass is 10.0. The number of nitrogens with two attached hydrogens (primary N) is 1. The molecule has 3 aromatic heterocycles. The highest BCUT2D eigenvalue weighted by atomic mass is 15.0. The normalized spacial score (nSPS) is 10.6. The van der Waals surface area contributed by atoms with Gasteiger partial charge in [-0.2, -0.15) is 0 Å². The molecule has 120 valence electrons. The van der Waals surface area contributed by atoms with Gasteiger partial charge in [0.2, 0.25) is 5.95 Å². The average Bonchev–Trinajstić information content (AvgIpc) is 2.69. The van der Waals surface area contributed by atoms with Crippen LogP contribution < -0.4 is 5.73 Å². The Morgan fingerprint density at radius 2 is 1.28 bits per heavy atom. The first kappa shape index (κ1) is 15.0. The molecule has 0 fully saturated rings. The van der Waals surface area contributed by atoms with Crippen LogP contribution in [0.3, 0.4) is 0 Å². The van der Waals surface area contributed by atoms with Crippen molar-refractivity contribution in [1.82, 2.24) is 19.9 Å². The highest BCUT2D eigenvalue weighted by Gasteiger charge is 2.08. The number of hydrogen-bond acceptors (Lipinski definition) is 5. The van der Waals surface area contributed by atoms with Crippen LogP contribution >= 0.6 is 0 Å². The fourth-order valence-corrected chi connectivity index (χ4v) is 2.64. The average molecular weight is 325 g/mol. The molecule has 3 heterocycles. The molecule has 5 nitrogen and oxygen atoms in total. The molecule has 0 saturated heterocycles. The van der Waals surface area contributed by atoms with Gasteiger partial charge in [0, 0.05) is 24.2 Å². The Kier molecular flexibility index (Phi) is 3.88. The van der Waals surface area contributed by atoms with E-state index in [2.05, 4.69) is 32.1 Å². The molecule has 0 atom stereocenters. The number of anilines is 1. The SMILES string of the molecule is Nc1nc(-c2ccc(-c3ccncc3)cc2)cc(-c2ccccn2)n1. The van der Waals surface area contributed by atoms with E-state index in [1.165, 1.54) is 0 Å². The maximum absolute atomic E-state index is 5.90. The van der Waals surface area contributed by atoms with E-state index in [1.54, 1.807) is 18.6 Å². The zero-order valence-corrected chi connectivity index (χ0v) is 13.4. The minimum absolute atomic E-state index is 0.233. The summed E-state index contributed by atoms with van der Waals surface area (Å²) in [6, 6.07) is 19.7. The molecule has 0 aliphatic carbocycles. The van der Waals surface area contributed by atoms with E-state index >= 15 is 0 Å². The summed E-state index contributed by atoms with van der Waals surface area (Å²) in [7, 11) is 0. The minimum atomic E-state index is 0.233. The summed E-state index contributed by atoms with van der Waals surface area (Å²) >= 11 is 0. The standard InChI is InChI=1S/C20H15N5/c21-20-24-18(13-19(25-20)17-3-1-2-10-23-17)16-6-4-14(5-7-16)15-8-11-22-12-9-15/h1-13H,(H2,21,24,25). The second-order valence-corrected chi connectivity index (χ2v) is 5.52. The van der Waals surface area contributed by atoms with E-state index in [1.807, 2.05) is 48.5 Å². The molecule has 0 amide bonds. The summed E-state index contributed by atoms with van der Waals surface area (Å²) in [4.78, 5) is 17.0. The van der Waals surface area contributed by atoms with Crippen LogP contribution in [0, 0.1) is 0 Å². The van der Waals surface area contributed by atoms with Crippen molar-refractivity contribution >= 4 is 5.95 Å². The van der Waals surface area contributed by atoms with Crippen molar-refractivity contribution in [3.63, 3.8) is 0 Å². The summed E-state index contributed by atoms with van der Waals surface area (Å²) in [5, 5.41) is 0. The first-order valence-corrected chi connectivity index (χ1v) is 7.86. The summed E-state index contributed by atoms with van der Waals surface area (Å²) < 4.78 is 0. The highest BCUT2D eigenvalue weighted by molar-refractivity contribution is 5.71. The van der Waals surface area contributed by atoms with Gasteiger partial charge < -0.3 is 5.73 Å². The number of rotatable bonds is 3. The topological polar surface area (TPSA) is 77.6 Å². The van der Waals surface area contributed by atoms with Gasteiger partial charge in [0.1, 0.15) is 0 Å². The smallest absolute Gasteiger partial charge is 0.221 e. The fourth-order valence-electron chi connectivity index (χ4n) is 2.64. The lowest BCUT2D eigenvalue weighted by Crippen LogP contribution is -1.99. The van der Waals surface area contributed by atoms with Gasteiger partial charge in [0.05, 0.1) is 17.1 Å². The molecule has 0 aliphatic rings. The van der Waals surface area contributed by atoms with Crippen molar-refractivity contribution in [2.45, 2.75) is 0 Å². The molecule has 4 aromatic rings. The molecule has 0 aliphatic heterocycles. The zero-order chi connectivity index (χ0) is 17.1. The monoisotopic (exact) mass is 325 g/mol. The van der Waals surface area contributed by atoms with E-state index in [4.69, 9.17) is 5.73 Å². The van der Waals surface area contributed by atoms with Crippen LogP contribution in [0.25, 0.3) is 33.8 Å². The number of benzene rings is 1. The minimum Gasteiger partial charge on any atom is -0.368 e. The van der Waals surface area contributed by atoms with Crippen molar-refractivity contribution in [3.8, 4) is 33.8 Å². The maximum Gasteiger partial charge on any atom is 0.221 e. The molecular formula is C20H15N5. The Morgan fingerprint density at radius 3 is 2.00 bits per heavy atom. The molecule has 0 spiro atoms. The van der Waals surface area contributed by atoms with Crippen molar-refractivity contribution in [2.24, 2.45) is 0 Å². The zero-order valence-electron chi connectivity index (χ0n) is 13.4. The lowest BCUT2D eigenvalue weighted by Gasteiger charge is -2.07. The third kappa shape index (κ3) is 3.21. The fraction of sp³-hybridized carbons (Fsp3) is 0. The Morgan fingerprint density at radius 1 is 0.600 bits per heavy atom. The van der Waals surface area contributed by atoms with Crippen LogP contribution in [-0.4, -0.2) is 19.9 Å². The van der Waals surface area contributed by atoms with E-state index in [0.29, 0.717) is 5.69 Å². The quantitative estimate of drug-likeness (QED) is 0.619. The third-order valence-corrected chi connectivity index (χ3v) is 3.87. The third-order valence-electron chi connectivity index (χ3n) is 3.87. The Balaban J connectivity index is 1.71. The van der Waals surface area contributed by atoms with Gasteiger partial charge >= 0.3 is 0 Å². The molecule has 25 heavy (non-hydrogen) atoms. The summed E-state index contributed by atoms with van der Waals surface area (Å²) in [6.45, 7) is 0. The van der Waals surface area contributed by atoms with Gasteiger partial charge in [-0.05, 0) is 41.5 Å². The maximum atomic E-state index is 5.90. The van der Waals surface area contributed by atoms with Gasteiger partial charge in [-0.1, -0.05) is 30.3 Å². The number of nitrogens with zero attached hydrogens (tertiary/aromatic N) is 4. The number of hydrogen-bond donors (Lipinski definition) is 1. The highest BCUT2D eigenvalue weighted by Crippen LogP contribution is 2.26. The van der Waals surface area contributed by atoms with E-state index in [0.717, 1.165) is 28.1 Å². The van der Waals surface area contributed by atoms with Crippen molar-refractivity contribution in [1.29, 1.82) is 0 Å². The Labute approximate surface area is 145 Å². The first-order chi connectivity index (χ1) is 12.3. The predicted molar refractivity (Wildman–Crippen MR) is 98.3 cm³/mol. The number of aromatic nitrogens is 4. The van der Waals surface area contributed by atoms with E-state index in [-0.39, 0.29) is 5.95 Å². The van der Waals surface area contributed by atoms with Gasteiger partial charge in [0.15, 0.2) is 0 Å². The predicted octanol–water partition coefficient (Wildman–Crippen LogP) is 3.85. The van der Waals surface area contributed by atoms with Crippen LogP contribution in [0.4, 0.5) is 5.95 Å². The molecule has 4 rings (SSSR count). The van der Waals surface area contributed by atoms with Crippen molar-refractivity contribution in [2.75, 3.05) is 5.73 Å². The molecular weight excluding hydrogens is 310 g/mol. The van der Waals surface area contributed by atoms with Crippen LogP contribution in [0.5, 0.6) is 0 Å². The van der Waals surface area contributed by atoms with Gasteiger partial charge in [0.25, 0.3) is 0 Å². The van der Waals surface area contributed by atoms with Crippen molar-refractivity contribution < 1.29 is 0 Å². The Hall–Kier alpha value is -3.60. The molecule has 0 saturated carbocycles. The summed E-state index contributed by atoms with van der Waals surface area (Å²) in [6.07, 6.45) is 5.30. The van der Waals surface area contributed by atoms with Crippen LogP contribution in [-0.2, 0) is 0 Å². The first-order valence-electron chi connectivity index (χ1n) is 7.86. The van der Waals surface area contributed by atoms with Gasteiger partial charge in [-0.3, -0.25) is 9.97 Å². The summed E-state index contributed by atoms with van der Waals surface area (Å²) in [5.41, 5.74) is 11.4. The molecule has 2 N–H and O–H groups in total. The molecule has 1 aromatic carbocycles. The molecule has 0 unspecified atom stereocenters. The summed E-state index contributed by atoms with van der Waals surface area (Å²) in [5.74, 6) is 0.233. The number of pyridine rings is 2. The van der Waals surface area contributed by atoms with Gasteiger partial charge in [-0.15, -0.1) is 0 Å². The van der Waals surface area contributed by atoms with Gasteiger partial charge in [-0.25, -0.2) is 9.97 Å². The van der Waals surface area contributed by atoms with E-state index < -0.39 is 0 Å². The second kappa shape index (κ2) is 6.49. The second-order valence-electron chi connectivity index (χ2n) is 5.52. The molecule has 5 heteroatoms. The molecule has 0 bridgehead atoms. The van der Waals surface area contributed by atoms with Crippen LogP contribution in [0.1, 0.15) is 0 Å². The largest absolute Gasteiger partial charge is 0.368 e. The number of nitrogen functional groups attached to an aromatic ring is 1. The molecule has 0 radical (unpaired) electrons.